The van der Waals surface area contributed by atoms with Crippen LogP contribution in [0.4, 0.5) is 5.69 Å². The maximum absolute atomic E-state index is 12.8. The van der Waals surface area contributed by atoms with Crippen LogP contribution in [0.25, 0.3) is 0 Å². The molecule has 1 heterocycles. The minimum Gasteiger partial charge on any atom is -0.384 e. The summed E-state index contributed by atoms with van der Waals surface area (Å²) >= 11 is 0. The van der Waals surface area contributed by atoms with Crippen molar-refractivity contribution in [1.82, 2.24) is 4.31 Å². The number of rotatable bonds is 6. The smallest absolute Gasteiger partial charge is 0.244 e. The van der Waals surface area contributed by atoms with E-state index < -0.39 is 10.0 Å². The van der Waals surface area contributed by atoms with E-state index in [2.05, 4.69) is 5.32 Å². The van der Waals surface area contributed by atoms with Crippen LogP contribution in [0.3, 0.4) is 0 Å². The van der Waals surface area contributed by atoms with E-state index in [9.17, 15) is 8.42 Å². The Kier molecular flexibility index (Phi) is 5.61. The Labute approximate surface area is 127 Å². The van der Waals surface area contributed by atoms with E-state index in [1.807, 2.05) is 13.0 Å². The van der Waals surface area contributed by atoms with Crippen molar-refractivity contribution in [2.75, 3.05) is 38.7 Å². The number of para-hydroxylation sites is 1. The molecule has 0 amide bonds. The highest BCUT2D eigenvalue weighted by Gasteiger charge is 2.26. The van der Waals surface area contributed by atoms with E-state index in [1.54, 1.807) is 25.2 Å². The Hall–Kier alpha value is -1.11. The molecule has 21 heavy (non-hydrogen) atoms. The third kappa shape index (κ3) is 3.96. The van der Waals surface area contributed by atoms with Crippen molar-refractivity contribution in [3.05, 3.63) is 24.3 Å². The summed E-state index contributed by atoms with van der Waals surface area (Å²) in [6.07, 6.45) is 1.85. The van der Waals surface area contributed by atoms with Crippen LogP contribution >= 0.6 is 0 Å². The zero-order valence-corrected chi connectivity index (χ0v) is 13.5. The van der Waals surface area contributed by atoms with Gasteiger partial charge in [0.05, 0.1) is 5.69 Å². The first-order valence-corrected chi connectivity index (χ1v) is 8.86. The number of nitrogens with zero attached hydrogens (tertiary/aromatic N) is 1. The summed E-state index contributed by atoms with van der Waals surface area (Å²) in [5.41, 5.74) is 0.666. The van der Waals surface area contributed by atoms with Crippen LogP contribution < -0.4 is 5.32 Å². The van der Waals surface area contributed by atoms with Crippen molar-refractivity contribution in [2.45, 2.75) is 24.7 Å². The summed E-state index contributed by atoms with van der Waals surface area (Å²) in [5, 5.41) is 3.11. The molecule has 1 aliphatic rings. The molecule has 6 heteroatoms. The molecule has 0 unspecified atom stereocenters. The van der Waals surface area contributed by atoms with Gasteiger partial charge in [-0.15, -0.1) is 0 Å². The van der Waals surface area contributed by atoms with Gasteiger partial charge in [0.2, 0.25) is 10.0 Å². The Balaban J connectivity index is 2.16. The van der Waals surface area contributed by atoms with Crippen LogP contribution in [0, 0.1) is 5.92 Å². The number of hydrogen-bond donors (Lipinski definition) is 1. The van der Waals surface area contributed by atoms with E-state index in [1.165, 1.54) is 4.31 Å². The lowest BCUT2D eigenvalue weighted by atomic mass is 10.0. The highest BCUT2D eigenvalue weighted by atomic mass is 32.2. The summed E-state index contributed by atoms with van der Waals surface area (Å²) in [4.78, 5) is 0.349. The minimum atomic E-state index is -3.46. The predicted molar refractivity (Wildman–Crippen MR) is 84.0 cm³/mol. The van der Waals surface area contributed by atoms with Crippen molar-refractivity contribution in [1.29, 1.82) is 0 Å². The molecule has 118 valence electrons. The third-order valence-electron chi connectivity index (χ3n) is 3.80. The molecule has 1 aromatic carbocycles. The molecule has 0 radical (unpaired) electrons. The molecular formula is C15H24N2O3S. The maximum Gasteiger partial charge on any atom is 0.244 e. The van der Waals surface area contributed by atoms with Crippen LogP contribution in [0.15, 0.2) is 29.2 Å². The van der Waals surface area contributed by atoms with Crippen LogP contribution in [-0.4, -0.2) is 46.1 Å². The number of hydrogen-bond acceptors (Lipinski definition) is 4. The van der Waals surface area contributed by atoms with Gasteiger partial charge in [-0.25, -0.2) is 12.7 Å². The van der Waals surface area contributed by atoms with Crippen LogP contribution in [0.5, 0.6) is 0 Å². The Bertz CT molecular complexity index is 554. The first kappa shape index (κ1) is 16.3. The largest absolute Gasteiger partial charge is 0.384 e. The lowest BCUT2D eigenvalue weighted by Crippen LogP contribution is -2.34. The van der Waals surface area contributed by atoms with Gasteiger partial charge in [-0.3, -0.25) is 0 Å². The van der Waals surface area contributed by atoms with Gasteiger partial charge in [-0.05, 0) is 37.8 Å². The molecule has 0 saturated carbocycles. The highest BCUT2D eigenvalue weighted by molar-refractivity contribution is 7.89. The topological polar surface area (TPSA) is 58.6 Å². The van der Waals surface area contributed by atoms with Gasteiger partial charge in [0.1, 0.15) is 4.90 Å². The Morgan fingerprint density at radius 1 is 1.29 bits per heavy atom. The molecule has 0 bridgehead atoms. The van der Waals surface area contributed by atoms with Gasteiger partial charge in [-0.2, -0.15) is 0 Å². The molecule has 1 aromatic rings. The van der Waals surface area contributed by atoms with Gasteiger partial charge >= 0.3 is 0 Å². The number of ether oxygens (including phenoxy) is 1. The predicted octanol–water partition coefficient (Wildman–Crippen LogP) is 2.17. The van der Waals surface area contributed by atoms with E-state index in [4.69, 9.17) is 4.74 Å². The van der Waals surface area contributed by atoms with Crippen molar-refractivity contribution in [2.24, 2.45) is 5.92 Å². The molecule has 1 N–H and O–H groups in total. The van der Waals surface area contributed by atoms with E-state index >= 15 is 0 Å². The second kappa shape index (κ2) is 7.24. The summed E-state index contributed by atoms with van der Waals surface area (Å²) in [6.45, 7) is 4.65. The highest BCUT2D eigenvalue weighted by Crippen LogP contribution is 2.25. The number of anilines is 1. The SMILES string of the molecule is CCNc1ccccc1S(=O)(=O)N(C)CC1CCOCC1. The minimum absolute atomic E-state index is 0.349. The fourth-order valence-electron chi connectivity index (χ4n) is 2.59. The van der Waals surface area contributed by atoms with Gasteiger partial charge < -0.3 is 10.1 Å². The third-order valence-corrected chi connectivity index (χ3v) is 5.68. The zero-order chi connectivity index (χ0) is 15.3. The monoisotopic (exact) mass is 312 g/mol. The second-order valence-corrected chi connectivity index (χ2v) is 7.38. The van der Waals surface area contributed by atoms with Crippen molar-refractivity contribution in [3.63, 3.8) is 0 Å². The van der Waals surface area contributed by atoms with E-state index in [0.717, 1.165) is 26.1 Å². The van der Waals surface area contributed by atoms with Crippen molar-refractivity contribution < 1.29 is 13.2 Å². The molecule has 1 fully saturated rings. The van der Waals surface area contributed by atoms with Crippen molar-refractivity contribution >= 4 is 15.7 Å². The molecule has 1 saturated heterocycles. The first-order chi connectivity index (χ1) is 10.1. The molecule has 2 rings (SSSR count). The fraction of sp³-hybridized carbons (Fsp3) is 0.600. The molecule has 5 nitrogen and oxygen atoms in total. The number of sulfonamides is 1. The average Bonchev–Trinajstić information content (AvgIpc) is 2.49. The average molecular weight is 312 g/mol. The van der Waals surface area contributed by atoms with E-state index in [-0.39, 0.29) is 0 Å². The fourth-order valence-corrected chi connectivity index (χ4v) is 4.00. The first-order valence-electron chi connectivity index (χ1n) is 7.42. The Morgan fingerprint density at radius 3 is 2.62 bits per heavy atom. The zero-order valence-electron chi connectivity index (χ0n) is 12.7. The number of benzene rings is 1. The summed E-state index contributed by atoms with van der Waals surface area (Å²) < 4.78 is 32.3. The lowest BCUT2D eigenvalue weighted by molar-refractivity contribution is 0.0620. The lowest BCUT2D eigenvalue weighted by Gasteiger charge is -2.27. The van der Waals surface area contributed by atoms with Gasteiger partial charge in [0.15, 0.2) is 0 Å². The summed E-state index contributed by atoms with van der Waals surface area (Å²) in [5.74, 6) is 0.379. The van der Waals surface area contributed by atoms with Crippen LogP contribution in [0.1, 0.15) is 19.8 Å². The van der Waals surface area contributed by atoms with Gasteiger partial charge in [0.25, 0.3) is 0 Å². The quantitative estimate of drug-likeness (QED) is 0.874. The standard InChI is InChI=1S/C15H24N2O3S/c1-3-16-14-6-4-5-7-15(14)21(18,19)17(2)12-13-8-10-20-11-9-13/h4-7,13,16H,3,8-12H2,1-2H3. The molecular weight excluding hydrogens is 288 g/mol. The summed E-state index contributed by atoms with van der Waals surface area (Å²) in [6, 6.07) is 7.07. The molecule has 1 aliphatic heterocycles. The maximum atomic E-state index is 12.8. The number of nitrogens with one attached hydrogen (secondary N) is 1. The second-order valence-electron chi connectivity index (χ2n) is 5.37. The van der Waals surface area contributed by atoms with Gasteiger partial charge in [-0.1, -0.05) is 12.1 Å². The normalized spacial score (nSPS) is 17.1. The van der Waals surface area contributed by atoms with E-state index in [0.29, 0.717) is 29.6 Å². The summed E-state index contributed by atoms with van der Waals surface area (Å²) in [7, 11) is -1.80. The van der Waals surface area contributed by atoms with Crippen molar-refractivity contribution in [3.8, 4) is 0 Å². The molecule has 0 spiro atoms. The van der Waals surface area contributed by atoms with Crippen LogP contribution in [-0.2, 0) is 14.8 Å². The molecule has 0 aliphatic carbocycles. The van der Waals surface area contributed by atoms with Gasteiger partial charge in [0, 0.05) is 33.4 Å². The molecule has 0 atom stereocenters. The van der Waals surface area contributed by atoms with Crippen LogP contribution in [0.2, 0.25) is 0 Å². The Morgan fingerprint density at radius 2 is 1.95 bits per heavy atom. The molecule has 0 aromatic heterocycles.